The maximum Gasteiger partial charge on any atom is 0.306 e. The Morgan fingerprint density at radius 1 is 0.299 bits per heavy atom. The highest BCUT2D eigenvalue weighted by Gasteiger charge is 2.19. The molecule has 0 aromatic heterocycles. The minimum absolute atomic E-state index is 0.0632. The number of carbonyl (C=O) groups excluding carboxylic acids is 3. The van der Waals surface area contributed by atoms with Crippen LogP contribution in [-0.4, -0.2) is 37.2 Å². The van der Waals surface area contributed by atoms with E-state index in [2.05, 4.69) is 41.5 Å². The number of unbranched alkanes of at least 4 members (excludes halogenated alkanes) is 36. The highest BCUT2D eigenvalue weighted by molar-refractivity contribution is 5.71. The Morgan fingerprint density at radius 3 is 0.776 bits per heavy atom. The van der Waals surface area contributed by atoms with Gasteiger partial charge in [-0.1, -0.05) is 298 Å². The summed E-state index contributed by atoms with van der Waals surface area (Å²) in [7, 11) is 0. The molecule has 0 aliphatic heterocycles. The lowest BCUT2D eigenvalue weighted by Gasteiger charge is -2.18. The van der Waals surface area contributed by atoms with Crippen molar-refractivity contribution in [3.05, 3.63) is 0 Å². The van der Waals surface area contributed by atoms with E-state index in [0.29, 0.717) is 19.3 Å². The van der Waals surface area contributed by atoms with E-state index in [9.17, 15) is 14.4 Å². The first-order valence-corrected chi connectivity index (χ1v) is 30.1. The molecule has 0 aromatic rings. The summed E-state index contributed by atoms with van der Waals surface area (Å²) in [5, 5.41) is 0. The van der Waals surface area contributed by atoms with Gasteiger partial charge in [0.1, 0.15) is 13.2 Å². The second-order valence-corrected chi connectivity index (χ2v) is 22.2. The molecular formula is C61H118O6. The van der Waals surface area contributed by atoms with Crippen LogP contribution < -0.4 is 0 Å². The molecule has 2 atom stereocenters. The fourth-order valence-corrected chi connectivity index (χ4v) is 9.32. The molecule has 0 bridgehead atoms. The highest BCUT2D eigenvalue weighted by atomic mass is 16.6. The standard InChI is InChI=1S/C61H118O6/c1-7-57(6)49-43-37-31-25-19-12-8-9-13-22-28-34-40-46-52-61(64)67-58(54-66-60(63)51-45-39-33-27-21-16-15-18-24-30-36-42-48-56(4)5)53-65-59(62)50-44-38-32-26-20-14-10-11-17-23-29-35-41-47-55(2)3/h55-58H,7-54H2,1-6H3/t57?,58-/m1/s1. The van der Waals surface area contributed by atoms with Crippen LogP contribution in [0.3, 0.4) is 0 Å². The van der Waals surface area contributed by atoms with Gasteiger partial charge in [0.15, 0.2) is 6.10 Å². The molecule has 1 unspecified atom stereocenters. The zero-order valence-electron chi connectivity index (χ0n) is 46.2. The second kappa shape index (κ2) is 52.2. The Hall–Kier alpha value is -1.59. The molecule has 0 saturated carbocycles. The highest BCUT2D eigenvalue weighted by Crippen LogP contribution is 2.19. The number of hydrogen-bond acceptors (Lipinski definition) is 6. The second-order valence-electron chi connectivity index (χ2n) is 22.2. The predicted octanol–water partition coefficient (Wildman–Crippen LogP) is 19.9. The molecule has 0 spiro atoms. The Kier molecular flexibility index (Phi) is 51.0. The van der Waals surface area contributed by atoms with Gasteiger partial charge in [0, 0.05) is 19.3 Å². The monoisotopic (exact) mass is 947 g/mol. The van der Waals surface area contributed by atoms with Crippen LogP contribution in [0.2, 0.25) is 0 Å². The van der Waals surface area contributed by atoms with Crippen LogP contribution in [0.15, 0.2) is 0 Å². The van der Waals surface area contributed by atoms with E-state index >= 15 is 0 Å². The molecule has 0 N–H and O–H groups in total. The fraction of sp³-hybridized carbons (Fsp3) is 0.951. The quantitative estimate of drug-likeness (QED) is 0.0343. The van der Waals surface area contributed by atoms with Gasteiger partial charge in [0.25, 0.3) is 0 Å². The van der Waals surface area contributed by atoms with Gasteiger partial charge in [-0.3, -0.25) is 14.4 Å². The van der Waals surface area contributed by atoms with Gasteiger partial charge < -0.3 is 14.2 Å². The SMILES string of the molecule is CCC(C)CCCCCCCCCCCCCCCCC(=O)O[C@H](COC(=O)CCCCCCCCCCCCCCCC(C)C)COC(=O)CCCCCCCCCCCCCCC(C)C. The summed E-state index contributed by atoms with van der Waals surface area (Å²) in [6, 6.07) is 0. The average Bonchev–Trinajstić information content (AvgIpc) is 3.30. The number of rotatable bonds is 54. The Bertz CT molecular complexity index is 1040. The number of hydrogen-bond donors (Lipinski definition) is 0. The molecular weight excluding hydrogens is 829 g/mol. The lowest BCUT2D eigenvalue weighted by atomic mass is 9.99. The summed E-state index contributed by atoms with van der Waals surface area (Å²) in [5.41, 5.74) is 0. The first kappa shape index (κ1) is 65.4. The van der Waals surface area contributed by atoms with E-state index in [1.807, 2.05) is 0 Å². The van der Waals surface area contributed by atoms with Crippen molar-refractivity contribution < 1.29 is 28.6 Å². The van der Waals surface area contributed by atoms with Gasteiger partial charge >= 0.3 is 17.9 Å². The van der Waals surface area contributed by atoms with Crippen LogP contribution in [0.1, 0.15) is 337 Å². The molecule has 0 amide bonds. The van der Waals surface area contributed by atoms with Gasteiger partial charge in [0.2, 0.25) is 0 Å². The maximum atomic E-state index is 12.9. The van der Waals surface area contributed by atoms with Gasteiger partial charge in [-0.15, -0.1) is 0 Å². The van der Waals surface area contributed by atoms with E-state index in [1.165, 1.54) is 218 Å². The van der Waals surface area contributed by atoms with Crippen molar-refractivity contribution in [2.45, 2.75) is 343 Å². The first-order chi connectivity index (χ1) is 32.6. The smallest absolute Gasteiger partial charge is 0.306 e. The van der Waals surface area contributed by atoms with Crippen molar-refractivity contribution in [2.24, 2.45) is 17.8 Å². The largest absolute Gasteiger partial charge is 0.462 e. The molecule has 0 aliphatic rings. The van der Waals surface area contributed by atoms with Crippen LogP contribution in [0, 0.1) is 17.8 Å². The van der Waals surface area contributed by atoms with Crippen molar-refractivity contribution in [2.75, 3.05) is 13.2 Å². The lowest BCUT2D eigenvalue weighted by molar-refractivity contribution is -0.167. The van der Waals surface area contributed by atoms with E-state index in [0.717, 1.165) is 75.5 Å². The number of carbonyl (C=O) groups is 3. The molecule has 0 aromatic carbocycles. The summed E-state index contributed by atoms with van der Waals surface area (Å²) < 4.78 is 16.9. The third-order valence-corrected chi connectivity index (χ3v) is 14.3. The molecule has 6 nitrogen and oxygen atoms in total. The minimum Gasteiger partial charge on any atom is -0.462 e. The topological polar surface area (TPSA) is 78.9 Å². The zero-order valence-corrected chi connectivity index (χ0v) is 46.2. The van der Waals surface area contributed by atoms with E-state index in [-0.39, 0.29) is 31.1 Å². The molecule has 0 fully saturated rings. The van der Waals surface area contributed by atoms with Crippen molar-refractivity contribution in [3.63, 3.8) is 0 Å². The third-order valence-electron chi connectivity index (χ3n) is 14.3. The van der Waals surface area contributed by atoms with Gasteiger partial charge in [-0.2, -0.15) is 0 Å². The lowest BCUT2D eigenvalue weighted by Crippen LogP contribution is -2.30. The summed E-state index contributed by atoms with van der Waals surface area (Å²) in [4.78, 5) is 38.2. The van der Waals surface area contributed by atoms with Crippen molar-refractivity contribution in [3.8, 4) is 0 Å². The molecule has 0 rings (SSSR count). The summed E-state index contributed by atoms with van der Waals surface area (Å²) >= 11 is 0. The predicted molar refractivity (Wildman–Crippen MR) is 289 cm³/mol. The van der Waals surface area contributed by atoms with E-state index in [4.69, 9.17) is 14.2 Å². The van der Waals surface area contributed by atoms with Gasteiger partial charge in [0.05, 0.1) is 0 Å². The Balaban J connectivity index is 4.31. The Morgan fingerprint density at radius 2 is 0.522 bits per heavy atom. The van der Waals surface area contributed by atoms with Crippen molar-refractivity contribution >= 4 is 17.9 Å². The summed E-state index contributed by atoms with van der Waals surface area (Å²) in [6.45, 7) is 13.8. The van der Waals surface area contributed by atoms with Crippen LogP contribution in [-0.2, 0) is 28.6 Å². The maximum absolute atomic E-state index is 12.9. The molecule has 67 heavy (non-hydrogen) atoms. The normalized spacial score (nSPS) is 12.5. The third kappa shape index (κ3) is 53.6. The van der Waals surface area contributed by atoms with Crippen LogP contribution in [0.25, 0.3) is 0 Å². The molecule has 0 radical (unpaired) electrons. The summed E-state index contributed by atoms with van der Waals surface area (Å²) in [6.07, 6.45) is 55.1. The number of esters is 3. The van der Waals surface area contributed by atoms with Gasteiger partial charge in [-0.25, -0.2) is 0 Å². The fourth-order valence-electron chi connectivity index (χ4n) is 9.32. The molecule has 0 heterocycles. The molecule has 6 heteroatoms. The van der Waals surface area contributed by atoms with E-state index < -0.39 is 6.10 Å². The van der Waals surface area contributed by atoms with Gasteiger partial charge in [-0.05, 0) is 37.0 Å². The van der Waals surface area contributed by atoms with Crippen LogP contribution in [0.5, 0.6) is 0 Å². The minimum atomic E-state index is -0.764. The van der Waals surface area contributed by atoms with Crippen molar-refractivity contribution in [1.82, 2.24) is 0 Å². The molecule has 0 aliphatic carbocycles. The average molecular weight is 948 g/mol. The van der Waals surface area contributed by atoms with Crippen LogP contribution >= 0.6 is 0 Å². The molecule has 398 valence electrons. The summed E-state index contributed by atoms with van der Waals surface area (Å²) in [5.74, 6) is 1.73. The molecule has 0 saturated heterocycles. The first-order valence-electron chi connectivity index (χ1n) is 30.1. The van der Waals surface area contributed by atoms with E-state index in [1.54, 1.807) is 0 Å². The number of ether oxygens (including phenoxy) is 3. The van der Waals surface area contributed by atoms with Crippen LogP contribution in [0.4, 0.5) is 0 Å². The zero-order chi connectivity index (χ0) is 49.1. The van der Waals surface area contributed by atoms with Crippen molar-refractivity contribution in [1.29, 1.82) is 0 Å². The Labute approximate surface area is 418 Å².